The zero-order chi connectivity index (χ0) is 22.9. The monoisotopic (exact) mass is 453 g/mol. The summed E-state index contributed by atoms with van der Waals surface area (Å²) in [5.41, 5.74) is 3.48. The number of thioether (sulfide) groups is 1. The maximum Gasteiger partial charge on any atom is 0.333 e. The largest absolute Gasteiger partial charge is 0.492 e. The number of aromatic nitrogens is 1. The van der Waals surface area contributed by atoms with E-state index in [2.05, 4.69) is 24.3 Å². The molecule has 1 heterocycles. The van der Waals surface area contributed by atoms with E-state index < -0.39 is 12.1 Å². The molecule has 0 bridgehead atoms. The molecular formula is C25H27NO5S. The molecule has 1 aromatic heterocycles. The third-order valence-corrected chi connectivity index (χ3v) is 5.84. The van der Waals surface area contributed by atoms with Crippen LogP contribution in [0.15, 0.2) is 65.6 Å². The van der Waals surface area contributed by atoms with Crippen molar-refractivity contribution in [2.24, 2.45) is 0 Å². The lowest BCUT2D eigenvalue weighted by molar-refractivity contribution is -0.149. The molecule has 0 fully saturated rings. The fourth-order valence-electron chi connectivity index (χ4n) is 3.46. The van der Waals surface area contributed by atoms with Crippen molar-refractivity contribution in [2.45, 2.75) is 30.9 Å². The van der Waals surface area contributed by atoms with Gasteiger partial charge in [-0.3, -0.25) is 4.79 Å². The average molecular weight is 454 g/mol. The fraction of sp³-hybridized carbons (Fsp3) is 0.280. The Labute approximate surface area is 192 Å². The molecule has 0 amide bonds. The first-order chi connectivity index (χ1) is 15.5. The van der Waals surface area contributed by atoms with Crippen molar-refractivity contribution in [1.82, 2.24) is 4.57 Å². The molecular weight excluding hydrogens is 426 g/mol. The zero-order valence-corrected chi connectivity index (χ0v) is 19.0. The predicted octanol–water partition coefficient (Wildman–Crippen LogP) is 4.80. The minimum Gasteiger partial charge on any atom is -0.492 e. The summed E-state index contributed by atoms with van der Waals surface area (Å²) in [5, 5.41) is 9.22. The maximum atomic E-state index is 11.5. The van der Waals surface area contributed by atoms with Crippen LogP contribution in [0.2, 0.25) is 0 Å². The van der Waals surface area contributed by atoms with E-state index >= 15 is 0 Å². The van der Waals surface area contributed by atoms with Crippen LogP contribution in [-0.2, 0) is 22.5 Å². The standard InChI is InChI=1S/C25H27NO5S/c1-3-30-24(25(28)29)16-18-4-9-21(10-5-18)31-15-14-26-20(17-27)8-13-23(26)19-6-11-22(32-2)12-7-19/h4-13,17,24H,3,14-16H2,1-2H3,(H,28,29)/t24-/m0/s1. The van der Waals surface area contributed by atoms with Crippen molar-refractivity contribution in [3.8, 4) is 17.0 Å². The number of ether oxygens (including phenoxy) is 2. The number of carbonyl (C=O) groups is 2. The minimum atomic E-state index is -0.969. The summed E-state index contributed by atoms with van der Waals surface area (Å²) in [4.78, 5) is 23.9. The highest BCUT2D eigenvalue weighted by Crippen LogP contribution is 2.25. The number of rotatable bonds is 12. The number of hydrogen-bond donors (Lipinski definition) is 1. The van der Waals surface area contributed by atoms with Gasteiger partial charge in [0.2, 0.25) is 0 Å². The van der Waals surface area contributed by atoms with Crippen molar-refractivity contribution in [1.29, 1.82) is 0 Å². The smallest absolute Gasteiger partial charge is 0.333 e. The van der Waals surface area contributed by atoms with Gasteiger partial charge in [0.05, 0.1) is 12.2 Å². The second kappa shape index (κ2) is 11.5. The Morgan fingerprint density at radius 2 is 1.81 bits per heavy atom. The van der Waals surface area contributed by atoms with E-state index in [1.807, 2.05) is 47.2 Å². The van der Waals surface area contributed by atoms with Crippen LogP contribution in [-0.4, -0.2) is 47.5 Å². The van der Waals surface area contributed by atoms with E-state index in [-0.39, 0.29) is 0 Å². The second-order valence-corrected chi connectivity index (χ2v) is 8.00. The van der Waals surface area contributed by atoms with Gasteiger partial charge in [-0.15, -0.1) is 11.8 Å². The molecule has 1 atom stereocenters. The molecule has 0 unspecified atom stereocenters. The Balaban J connectivity index is 1.63. The molecule has 0 aliphatic carbocycles. The Morgan fingerprint density at radius 1 is 1.09 bits per heavy atom. The molecule has 32 heavy (non-hydrogen) atoms. The van der Waals surface area contributed by atoms with E-state index in [1.54, 1.807) is 18.7 Å². The Morgan fingerprint density at radius 3 is 2.41 bits per heavy atom. The highest BCUT2D eigenvalue weighted by molar-refractivity contribution is 7.98. The quantitative estimate of drug-likeness (QED) is 0.314. The minimum absolute atomic E-state index is 0.300. The summed E-state index contributed by atoms with van der Waals surface area (Å²) < 4.78 is 13.1. The number of benzene rings is 2. The lowest BCUT2D eigenvalue weighted by Gasteiger charge is -2.14. The molecule has 3 aromatic rings. The van der Waals surface area contributed by atoms with Crippen LogP contribution >= 0.6 is 11.8 Å². The van der Waals surface area contributed by atoms with Gasteiger partial charge in [0.25, 0.3) is 0 Å². The Hall–Kier alpha value is -3.03. The number of carboxylic acid groups (broad SMARTS) is 1. The van der Waals surface area contributed by atoms with Gasteiger partial charge in [0.15, 0.2) is 12.4 Å². The van der Waals surface area contributed by atoms with Crippen LogP contribution < -0.4 is 4.74 Å². The molecule has 0 aliphatic rings. The first kappa shape index (κ1) is 23.6. The number of aldehydes is 1. The van der Waals surface area contributed by atoms with E-state index in [4.69, 9.17) is 9.47 Å². The number of nitrogens with zero attached hydrogens (tertiary/aromatic N) is 1. The van der Waals surface area contributed by atoms with Crippen molar-refractivity contribution in [2.75, 3.05) is 19.5 Å². The van der Waals surface area contributed by atoms with Gasteiger partial charge < -0.3 is 19.1 Å². The number of carboxylic acids is 1. The molecule has 1 N–H and O–H groups in total. The molecule has 7 heteroatoms. The van der Waals surface area contributed by atoms with Gasteiger partial charge >= 0.3 is 5.97 Å². The van der Waals surface area contributed by atoms with Crippen LogP contribution in [0.5, 0.6) is 5.75 Å². The van der Waals surface area contributed by atoms with Crippen LogP contribution in [0.3, 0.4) is 0 Å². The normalized spacial score (nSPS) is 11.8. The summed E-state index contributed by atoms with van der Waals surface area (Å²) in [6.07, 6.45) is 2.33. The molecule has 6 nitrogen and oxygen atoms in total. The van der Waals surface area contributed by atoms with Crippen molar-refractivity contribution >= 4 is 24.0 Å². The average Bonchev–Trinajstić information content (AvgIpc) is 3.22. The van der Waals surface area contributed by atoms with E-state index in [9.17, 15) is 14.7 Å². The topological polar surface area (TPSA) is 77.8 Å². The van der Waals surface area contributed by atoms with Crippen LogP contribution in [0, 0.1) is 0 Å². The fourth-order valence-corrected chi connectivity index (χ4v) is 3.87. The van der Waals surface area contributed by atoms with Crippen LogP contribution in [0.1, 0.15) is 23.0 Å². The molecule has 0 saturated heterocycles. The summed E-state index contributed by atoms with van der Waals surface area (Å²) in [5.74, 6) is -0.286. The van der Waals surface area contributed by atoms with Crippen LogP contribution in [0.4, 0.5) is 0 Å². The van der Waals surface area contributed by atoms with Gasteiger partial charge in [0, 0.05) is 23.6 Å². The van der Waals surface area contributed by atoms with E-state index in [0.29, 0.717) is 37.6 Å². The Bertz CT molecular complexity index is 1030. The molecule has 0 radical (unpaired) electrons. The lowest BCUT2D eigenvalue weighted by Crippen LogP contribution is -2.26. The van der Waals surface area contributed by atoms with Gasteiger partial charge in [-0.25, -0.2) is 4.79 Å². The predicted molar refractivity (Wildman–Crippen MR) is 126 cm³/mol. The van der Waals surface area contributed by atoms with Gasteiger partial charge in [0.1, 0.15) is 12.4 Å². The second-order valence-electron chi connectivity index (χ2n) is 7.12. The first-order valence-electron chi connectivity index (χ1n) is 10.4. The molecule has 3 rings (SSSR count). The molecule has 2 aromatic carbocycles. The van der Waals surface area contributed by atoms with Crippen molar-refractivity contribution in [3.05, 3.63) is 71.9 Å². The molecule has 168 valence electrons. The summed E-state index contributed by atoms with van der Waals surface area (Å²) in [6.45, 7) is 3.04. The van der Waals surface area contributed by atoms with E-state index in [1.165, 1.54) is 4.90 Å². The number of hydrogen-bond acceptors (Lipinski definition) is 5. The molecule has 0 spiro atoms. The number of aliphatic carboxylic acids is 1. The van der Waals surface area contributed by atoms with Gasteiger partial charge in [-0.05, 0) is 60.7 Å². The maximum absolute atomic E-state index is 11.5. The molecule has 0 aliphatic heterocycles. The van der Waals surface area contributed by atoms with Gasteiger partial charge in [-0.2, -0.15) is 0 Å². The zero-order valence-electron chi connectivity index (χ0n) is 18.2. The summed E-state index contributed by atoms with van der Waals surface area (Å²) in [7, 11) is 0. The van der Waals surface area contributed by atoms with Crippen molar-refractivity contribution in [3.63, 3.8) is 0 Å². The van der Waals surface area contributed by atoms with Gasteiger partial charge in [-0.1, -0.05) is 24.3 Å². The molecule has 0 saturated carbocycles. The highest BCUT2D eigenvalue weighted by Gasteiger charge is 2.18. The first-order valence-corrected chi connectivity index (χ1v) is 11.6. The van der Waals surface area contributed by atoms with Crippen LogP contribution in [0.25, 0.3) is 11.3 Å². The highest BCUT2D eigenvalue weighted by atomic mass is 32.2. The third kappa shape index (κ3) is 6.02. The SMILES string of the molecule is CCO[C@@H](Cc1ccc(OCCn2c(C=O)ccc2-c2ccc(SC)cc2)cc1)C(=O)O. The summed E-state index contributed by atoms with van der Waals surface area (Å²) >= 11 is 1.69. The van der Waals surface area contributed by atoms with E-state index in [0.717, 1.165) is 23.1 Å². The third-order valence-electron chi connectivity index (χ3n) is 5.09. The Kier molecular flexibility index (Phi) is 8.53. The van der Waals surface area contributed by atoms with Crippen molar-refractivity contribution < 1.29 is 24.2 Å². The lowest BCUT2D eigenvalue weighted by atomic mass is 10.1. The summed E-state index contributed by atoms with van der Waals surface area (Å²) in [6, 6.07) is 19.3. The number of carbonyl (C=O) groups excluding carboxylic acids is 1.